The zero-order chi connectivity index (χ0) is 15.6. The van der Waals surface area contributed by atoms with Crippen molar-refractivity contribution in [2.45, 2.75) is 89.6 Å². The first kappa shape index (κ1) is 17.7. The van der Waals surface area contributed by atoms with Gasteiger partial charge < -0.3 is 4.74 Å². The molecule has 0 unspecified atom stereocenters. The Morgan fingerprint density at radius 3 is 2.36 bits per heavy atom. The summed E-state index contributed by atoms with van der Waals surface area (Å²) in [6, 6.07) is 0. The van der Waals surface area contributed by atoms with Gasteiger partial charge in [-0.25, -0.2) is 5.48 Å². The second kappa shape index (κ2) is 10.2. The molecule has 0 aromatic heterocycles. The van der Waals surface area contributed by atoms with Gasteiger partial charge in [0.15, 0.2) is 0 Å². The Morgan fingerprint density at radius 1 is 0.955 bits per heavy atom. The van der Waals surface area contributed by atoms with Crippen LogP contribution in [0.15, 0.2) is 0 Å². The summed E-state index contributed by atoms with van der Waals surface area (Å²) in [7, 11) is 0. The number of ether oxygens (including phenoxy) is 1. The number of hydrogen-bond donors (Lipinski definition) is 2. The molecular formula is C18H33NO3. The highest BCUT2D eigenvalue weighted by atomic mass is 16.5. The van der Waals surface area contributed by atoms with Crippen LogP contribution >= 0.6 is 0 Å². The molecule has 0 aromatic rings. The number of hydrogen-bond acceptors (Lipinski definition) is 3. The molecule has 0 radical (unpaired) electrons. The van der Waals surface area contributed by atoms with E-state index in [2.05, 4.69) is 0 Å². The zero-order valence-electron chi connectivity index (χ0n) is 13.9. The molecule has 22 heavy (non-hydrogen) atoms. The second-order valence-corrected chi connectivity index (χ2v) is 7.25. The van der Waals surface area contributed by atoms with Crippen molar-refractivity contribution in [3.63, 3.8) is 0 Å². The molecule has 0 heterocycles. The molecule has 0 bridgehead atoms. The van der Waals surface area contributed by atoms with Crippen molar-refractivity contribution < 1.29 is 14.7 Å². The van der Waals surface area contributed by atoms with Crippen molar-refractivity contribution in [2.24, 2.45) is 11.8 Å². The maximum absolute atomic E-state index is 11.1. The first-order chi connectivity index (χ1) is 10.8. The van der Waals surface area contributed by atoms with E-state index in [1.165, 1.54) is 51.4 Å². The average Bonchev–Trinajstić information content (AvgIpc) is 2.57. The number of carbonyl (C=O) groups excluding carboxylic acids is 1. The summed E-state index contributed by atoms with van der Waals surface area (Å²) >= 11 is 0. The molecule has 0 spiro atoms. The molecule has 128 valence electrons. The van der Waals surface area contributed by atoms with E-state index in [0.717, 1.165) is 38.2 Å². The molecule has 2 fully saturated rings. The van der Waals surface area contributed by atoms with Gasteiger partial charge in [0.05, 0.1) is 6.10 Å². The van der Waals surface area contributed by atoms with Gasteiger partial charge in [-0.1, -0.05) is 44.9 Å². The van der Waals surface area contributed by atoms with Crippen molar-refractivity contribution >= 4 is 5.91 Å². The van der Waals surface area contributed by atoms with E-state index in [9.17, 15) is 4.79 Å². The van der Waals surface area contributed by atoms with E-state index >= 15 is 0 Å². The molecule has 2 aliphatic carbocycles. The molecule has 0 saturated heterocycles. The molecule has 2 N–H and O–H groups in total. The maximum atomic E-state index is 11.1. The van der Waals surface area contributed by atoms with Gasteiger partial charge in [-0.05, 0) is 43.9 Å². The Hall–Kier alpha value is -0.610. The summed E-state index contributed by atoms with van der Waals surface area (Å²) in [4.78, 5) is 11.1. The fourth-order valence-electron chi connectivity index (χ4n) is 4.07. The molecule has 0 aromatic carbocycles. The van der Waals surface area contributed by atoms with Crippen LogP contribution in [0.25, 0.3) is 0 Å². The number of hydroxylamine groups is 1. The molecule has 2 saturated carbocycles. The van der Waals surface area contributed by atoms with Crippen LogP contribution in [0.2, 0.25) is 0 Å². The van der Waals surface area contributed by atoms with Crippen molar-refractivity contribution in [3.05, 3.63) is 0 Å². The average molecular weight is 311 g/mol. The lowest BCUT2D eigenvalue weighted by Gasteiger charge is -2.28. The Bertz CT molecular complexity index is 307. The lowest BCUT2D eigenvalue weighted by Crippen LogP contribution is -2.27. The molecule has 0 atom stereocenters. The van der Waals surface area contributed by atoms with Gasteiger partial charge in [0.25, 0.3) is 0 Å². The van der Waals surface area contributed by atoms with E-state index in [0.29, 0.717) is 18.4 Å². The normalized spacial score (nSPS) is 26.8. The Balaban J connectivity index is 1.45. The van der Waals surface area contributed by atoms with Crippen LogP contribution in [0.3, 0.4) is 0 Å². The predicted molar refractivity (Wildman–Crippen MR) is 86.7 cm³/mol. The third-order valence-electron chi connectivity index (χ3n) is 5.48. The summed E-state index contributed by atoms with van der Waals surface area (Å²) in [5.74, 6) is 1.15. The quantitative estimate of drug-likeness (QED) is 0.401. The molecule has 2 rings (SSSR count). The lowest BCUT2D eigenvalue weighted by molar-refractivity contribution is -0.130. The lowest BCUT2D eigenvalue weighted by atomic mass is 9.85. The van der Waals surface area contributed by atoms with Crippen LogP contribution in [0.1, 0.15) is 83.5 Å². The van der Waals surface area contributed by atoms with Crippen LogP contribution in [0.4, 0.5) is 0 Å². The summed E-state index contributed by atoms with van der Waals surface area (Å²) < 4.78 is 6.00. The van der Waals surface area contributed by atoms with E-state index in [4.69, 9.17) is 9.94 Å². The third kappa shape index (κ3) is 6.66. The topological polar surface area (TPSA) is 58.6 Å². The predicted octanol–water partition coefficient (Wildman–Crippen LogP) is 4.21. The highest BCUT2D eigenvalue weighted by Gasteiger charge is 2.23. The Morgan fingerprint density at radius 2 is 1.68 bits per heavy atom. The number of amides is 1. The van der Waals surface area contributed by atoms with Crippen molar-refractivity contribution in [1.29, 1.82) is 0 Å². The van der Waals surface area contributed by atoms with Crippen molar-refractivity contribution in [2.75, 3.05) is 6.61 Å². The van der Waals surface area contributed by atoms with Gasteiger partial charge in [0, 0.05) is 13.0 Å². The number of unbranched alkanes of at least 4 members (excludes halogenated alkanes) is 1. The molecule has 1 amide bonds. The fourth-order valence-corrected chi connectivity index (χ4v) is 4.07. The van der Waals surface area contributed by atoms with E-state index in [1.807, 2.05) is 0 Å². The largest absolute Gasteiger partial charge is 0.378 e. The number of carbonyl (C=O) groups is 1. The van der Waals surface area contributed by atoms with Crippen LogP contribution in [0, 0.1) is 11.8 Å². The monoisotopic (exact) mass is 311 g/mol. The van der Waals surface area contributed by atoms with Crippen LogP contribution in [-0.4, -0.2) is 23.8 Å². The van der Waals surface area contributed by atoms with Gasteiger partial charge in [-0.2, -0.15) is 0 Å². The Kier molecular flexibility index (Phi) is 8.24. The van der Waals surface area contributed by atoms with Gasteiger partial charge in [-0.3, -0.25) is 10.0 Å². The zero-order valence-corrected chi connectivity index (χ0v) is 13.9. The second-order valence-electron chi connectivity index (χ2n) is 7.25. The molecule has 4 nitrogen and oxygen atoms in total. The fraction of sp³-hybridized carbons (Fsp3) is 0.944. The van der Waals surface area contributed by atoms with E-state index < -0.39 is 0 Å². The highest BCUT2D eigenvalue weighted by molar-refractivity contribution is 5.74. The van der Waals surface area contributed by atoms with Crippen LogP contribution in [0.5, 0.6) is 0 Å². The summed E-state index contributed by atoms with van der Waals surface area (Å²) in [6.07, 6.45) is 16.2. The minimum Gasteiger partial charge on any atom is -0.378 e. The summed E-state index contributed by atoms with van der Waals surface area (Å²) in [6.45, 7) is 0.902. The van der Waals surface area contributed by atoms with E-state index in [-0.39, 0.29) is 5.91 Å². The van der Waals surface area contributed by atoms with Crippen LogP contribution < -0.4 is 5.48 Å². The maximum Gasteiger partial charge on any atom is 0.243 e. The summed E-state index contributed by atoms with van der Waals surface area (Å²) in [5.41, 5.74) is 1.73. The standard InChI is InChI=1S/C18H33NO3/c20-18(19-21)14-16-9-11-17(12-10-16)22-13-5-4-8-15-6-2-1-3-7-15/h15-17,21H,1-14H2,(H,19,20). The molecule has 2 aliphatic rings. The molecule has 4 heteroatoms. The third-order valence-corrected chi connectivity index (χ3v) is 5.48. The minimum atomic E-state index is -0.257. The molecular weight excluding hydrogens is 278 g/mol. The Labute approximate surface area is 135 Å². The smallest absolute Gasteiger partial charge is 0.243 e. The van der Waals surface area contributed by atoms with Crippen LogP contribution in [-0.2, 0) is 9.53 Å². The van der Waals surface area contributed by atoms with Gasteiger partial charge in [0.2, 0.25) is 5.91 Å². The van der Waals surface area contributed by atoms with Gasteiger partial charge in [-0.15, -0.1) is 0 Å². The van der Waals surface area contributed by atoms with Gasteiger partial charge >= 0.3 is 0 Å². The number of nitrogens with one attached hydrogen (secondary N) is 1. The molecule has 0 aliphatic heterocycles. The highest BCUT2D eigenvalue weighted by Crippen LogP contribution is 2.29. The first-order valence-electron chi connectivity index (χ1n) is 9.32. The van der Waals surface area contributed by atoms with Crippen molar-refractivity contribution in [3.8, 4) is 0 Å². The van der Waals surface area contributed by atoms with Gasteiger partial charge in [0.1, 0.15) is 0 Å². The summed E-state index contributed by atoms with van der Waals surface area (Å²) in [5, 5.41) is 8.55. The first-order valence-corrected chi connectivity index (χ1v) is 9.32. The van der Waals surface area contributed by atoms with Crippen molar-refractivity contribution in [1.82, 2.24) is 5.48 Å². The SMILES string of the molecule is O=C(CC1CCC(OCCCCC2CCCCC2)CC1)NO. The number of rotatable bonds is 8. The minimum absolute atomic E-state index is 0.257. The van der Waals surface area contributed by atoms with E-state index in [1.54, 1.807) is 5.48 Å².